The average molecular weight is 326 g/mol. The van der Waals surface area contributed by atoms with Gasteiger partial charge in [0.15, 0.2) is 0 Å². The SMILES string of the molecule is Cl.O=C(NC1CCN(c2ccccn2)CC1)NC1CCNC1. The number of urea groups is 1. The van der Waals surface area contributed by atoms with E-state index < -0.39 is 0 Å². The van der Waals surface area contributed by atoms with Crippen molar-refractivity contribution in [3.63, 3.8) is 0 Å². The zero-order valence-corrected chi connectivity index (χ0v) is 13.4. The molecule has 0 aliphatic carbocycles. The van der Waals surface area contributed by atoms with Crippen LogP contribution in [0, 0.1) is 0 Å². The van der Waals surface area contributed by atoms with Crippen molar-refractivity contribution in [3.8, 4) is 0 Å². The second-order valence-electron chi connectivity index (χ2n) is 5.76. The lowest BCUT2D eigenvalue weighted by atomic mass is 10.1. The molecular weight excluding hydrogens is 302 g/mol. The Morgan fingerprint density at radius 3 is 2.59 bits per heavy atom. The van der Waals surface area contributed by atoms with Gasteiger partial charge in [-0.05, 0) is 37.9 Å². The van der Waals surface area contributed by atoms with E-state index in [1.54, 1.807) is 0 Å². The fraction of sp³-hybridized carbons (Fsp3) is 0.600. The van der Waals surface area contributed by atoms with Gasteiger partial charge in [-0.3, -0.25) is 0 Å². The predicted octanol–water partition coefficient (Wildman–Crippen LogP) is 1.13. The average Bonchev–Trinajstić information content (AvgIpc) is 3.02. The highest BCUT2D eigenvalue weighted by atomic mass is 35.5. The molecule has 1 aromatic heterocycles. The number of amides is 2. The van der Waals surface area contributed by atoms with Crippen LogP contribution in [0.15, 0.2) is 24.4 Å². The van der Waals surface area contributed by atoms with Gasteiger partial charge in [0.2, 0.25) is 0 Å². The van der Waals surface area contributed by atoms with Crippen LogP contribution < -0.4 is 20.9 Å². The third-order valence-electron chi connectivity index (χ3n) is 4.20. The van der Waals surface area contributed by atoms with Gasteiger partial charge in [-0.1, -0.05) is 6.07 Å². The molecule has 3 heterocycles. The Morgan fingerprint density at radius 2 is 1.95 bits per heavy atom. The Morgan fingerprint density at radius 1 is 1.18 bits per heavy atom. The molecule has 0 saturated carbocycles. The van der Waals surface area contributed by atoms with Crippen molar-refractivity contribution in [1.29, 1.82) is 0 Å². The maximum absolute atomic E-state index is 11.9. The van der Waals surface area contributed by atoms with E-state index in [-0.39, 0.29) is 30.5 Å². The third kappa shape index (κ3) is 4.48. The van der Waals surface area contributed by atoms with Crippen LogP contribution in [0.3, 0.4) is 0 Å². The van der Waals surface area contributed by atoms with Gasteiger partial charge < -0.3 is 20.9 Å². The minimum Gasteiger partial charge on any atom is -0.356 e. The Balaban J connectivity index is 0.00000176. The topological polar surface area (TPSA) is 69.3 Å². The van der Waals surface area contributed by atoms with E-state index in [0.717, 1.165) is 51.3 Å². The number of hydrogen-bond acceptors (Lipinski definition) is 4. The number of carbonyl (C=O) groups is 1. The van der Waals surface area contributed by atoms with Gasteiger partial charge in [-0.25, -0.2) is 9.78 Å². The fourth-order valence-corrected chi connectivity index (χ4v) is 2.98. The number of hydrogen-bond donors (Lipinski definition) is 3. The molecule has 0 radical (unpaired) electrons. The molecule has 2 amide bonds. The largest absolute Gasteiger partial charge is 0.356 e. The molecule has 6 nitrogen and oxygen atoms in total. The summed E-state index contributed by atoms with van der Waals surface area (Å²) in [6, 6.07) is 6.49. The van der Waals surface area contributed by atoms with Crippen molar-refractivity contribution in [2.75, 3.05) is 31.1 Å². The standard InChI is InChI=1S/C15H23N5O.ClH/c21-15(19-13-4-8-16-11-13)18-12-5-9-20(10-6-12)14-3-1-2-7-17-14;/h1-3,7,12-13,16H,4-6,8-11H2,(H2,18,19,21);1H. The summed E-state index contributed by atoms with van der Waals surface area (Å²) in [6.45, 7) is 3.75. The van der Waals surface area contributed by atoms with Crippen molar-refractivity contribution in [2.24, 2.45) is 0 Å². The lowest BCUT2D eigenvalue weighted by molar-refractivity contribution is 0.231. The van der Waals surface area contributed by atoms with E-state index in [0.29, 0.717) is 0 Å². The first-order valence-corrected chi connectivity index (χ1v) is 7.75. The summed E-state index contributed by atoms with van der Waals surface area (Å²) in [5, 5.41) is 9.37. The molecule has 3 rings (SSSR count). The monoisotopic (exact) mass is 325 g/mol. The Bertz CT molecular complexity index is 458. The van der Waals surface area contributed by atoms with E-state index in [2.05, 4.69) is 25.8 Å². The summed E-state index contributed by atoms with van der Waals surface area (Å²) in [4.78, 5) is 18.6. The number of anilines is 1. The number of nitrogens with one attached hydrogen (secondary N) is 3. The van der Waals surface area contributed by atoms with Crippen LogP contribution in [0.25, 0.3) is 0 Å². The summed E-state index contributed by atoms with van der Waals surface area (Å²) in [5.41, 5.74) is 0. The highest BCUT2D eigenvalue weighted by Crippen LogP contribution is 2.17. The van der Waals surface area contributed by atoms with E-state index in [9.17, 15) is 4.79 Å². The molecule has 2 aliphatic rings. The predicted molar refractivity (Wildman–Crippen MR) is 89.7 cm³/mol. The maximum atomic E-state index is 11.9. The molecule has 0 bridgehead atoms. The molecule has 22 heavy (non-hydrogen) atoms. The Kier molecular flexibility index (Phi) is 6.27. The van der Waals surface area contributed by atoms with E-state index in [1.165, 1.54) is 0 Å². The number of aromatic nitrogens is 1. The lowest BCUT2D eigenvalue weighted by Crippen LogP contribution is -2.50. The number of pyridine rings is 1. The minimum absolute atomic E-state index is 0. The smallest absolute Gasteiger partial charge is 0.315 e. The normalized spacial score (nSPS) is 22.0. The number of nitrogens with zero attached hydrogens (tertiary/aromatic N) is 2. The second kappa shape index (κ2) is 8.19. The summed E-state index contributed by atoms with van der Waals surface area (Å²) < 4.78 is 0. The van der Waals surface area contributed by atoms with E-state index >= 15 is 0 Å². The molecule has 1 unspecified atom stereocenters. The molecule has 0 aromatic carbocycles. The van der Waals surface area contributed by atoms with Crippen LogP contribution in [0.1, 0.15) is 19.3 Å². The van der Waals surface area contributed by atoms with Gasteiger partial charge in [0, 0.05) is 37.9 Å². The van der Waals surface area contributed by atoms with Gasteiger partial charge in [0.1, 0.15) is 5.82 Å². The quantitative estimate of drug-likeness (QED) is 0.779. The molecular formula is C15H24ClN5O. The third-order valence-corrected chi connectivity index (χ3v) is 4.20. The number of halogens is 1. The van der Waals surface area contributed by atoms with Gasteiger partial charge in [-0.15, -0.1) is 12.4 Å². The van der Waals surface area contributed by atoms with Gasteiger partial charge in [-0.2, -0.15) is 0 Å². The fourth-order valence-electron chi connectivity index (χ4n) is 2.98. The molecule has 1 aromatic rings. The van der Waals surface area contributed by atoms with Crippen molar-refractivity contribution < 1.29 is 4.79 Å². The molecule has 122 valence electrons. The highest BCUT2D eigenvalue weighted by Gasteiger charge is 2.23. The maximum Gasteiger partial charge on any atom is 0.315 e. The number of carbonyl (C=O) groups excluding carboxylic acids is 1. The van der Waals surface area contributed by atoms with Crippen LogP contribution in [0.5, 0.6) is 0 Å². The molecule has 2 saturated heterocycles. The van der Waals surface area contributed by atoms with Crippen molar-refractivity contribution >= 4 is 24.3 Å². The molecule has 3 N–H and O–H groups in total. The summed E-state index contributed by atoms with van der Waals surface area (Å²) in [5.74, 6) is 1.03. The molecule has 2 aliphatic heterocycles. The first-order valence-electron chi connectivity index (χ1n) is 7.75. The number of rotatable bonds is 3. The summed E-state index contributed by atoms with van der Waals surface area (Å²) in [7, 11) is 0. The van der Waals surface area contributed by atoms with Gasteiger partial charge >= 0.3 is 6.03 Å². The Hall–Kier alpha value is -1.53. The molecule has 0 spiro atoms. The van der Waals surface area contributed by atoms with Gasteiger partial charge in [0.25, 0.3) is 0 Å². The van der Waals surface area contributed by atoms with E-state index in [1.807, 2.05) is 24.4 Å². The van der Waals surface area contributed by atoms with Crippen LogP contribution in [0.4, 0.5) is 10.6 Å². The Labute approximate surface area is 137 Å². The first kappa shape index (κ1) is 16.8. The zero-order chi connectivity index (χ0) is 14.5. The summed E-state index contributed by atoms with van der Waals surface area (Å²) >= 11 is 0. The lowest BCUT2D eigenvalue weighted by Gasteiger charge is -2.33. The zero-order valence-electron chi connectivity index (χ0n) is 12.6. The molecule has 2 fully saturated rings. The van der Waals surface area contributed by atoms with Crippen molar-refractivity contribution in [3.05, 3.63) is 24.4 Å². The molecule has 1 atom stereocenters. The first-order chi connectivity index (χ1) is 10.3. The number of piperidine rings is 1. The van der Waals surface area contributed by atoms with Crippen LogP contribution >= 0.6 is 12.4 Å². The van der Waals surface area contributed by atoms with Crippen LogP contribution in [-0.4, -0.2) is 49.3 Å². The summed E-state index contributed by atoms with van der Waals surface area (Å²) in [6.07, 6.45) is 4.77. The van der Waals surface area contributed by atoms with E-state index in [4.69, 9.17) is 0 Å². The van der Waals surface area contributed by atoms with Crippen LogP contribution in [-0.2, 0) is 0 Å². The van der Waals surface area contributed by atoms with Gasteiger partial charge in [0.05, 0.1) is 0 Å². The van der Waals surface area contributed by atoms with Crippen molar-refractivity contribution in [1.82, 2.24) is 20.9 Å². The second-order valence-corrected chi connectivity index (χ2v) is 5.76. The minimum atomic E-state index is -0.0278. The highest BCUT2D eigenvalue weighted by molar-refractivity contribution is 5.85. The van der Waals surface area contributed by atoms with Crippen LogP contribution in [0.2, 0.25) is 0 Å². The van der Waals surface area contributed by atoms with Crippen molar-refractivity contribution in [2.45, 2.75) is 31.3 Å². The molecule has 7 heteroatoms.